The van der Waals surface area contributed by atoms with Gasteiger partial charge in [-0.2, -0.15) is 0 Å². The SMILES string of the molecule is CC(C)n1cc(Cl)cc1C(=O)N(CC(=O)O)CC1CC1. The highest BCUT2D eigenvalue weighted by molar-refractivity contribution is 6.31. The molecular weight excluding hydrogens is 280 g/mol. The maximum Gasteiger partial charge on any atom is 0.323 e. The highest BCUT2D eigenvalue weighted by atomic mass is 35.5. The minimum Gasteiger partial charge on any atom is -0.480 e. The summed E-state index contributed by atoms with van der Waals surface area (Å²) in [7, 11) is 0. The molecule has 0 saturated heterocycles. The zero-order valence-corrected chi connectivity index (χ0v) is 12.4. The Bertz CT molecular complexity index is 520. The van der Waals surface area contributed by atoms with Crippen molar-refractivity contribution in [1.29, 1.82) is 0 Å². The van der Waals surface area contributed by atoms with Gasteiger partial charge in [0.15, 0.2) is 0 Å². The van der Waals surface area contributed by atoms with E-state index >= 15 is 0 Å². The standard InChI is InChI=1S/C14H19ClN2O3/c1-9(2)17-7-11(15)5-12(17)14(20)16(8-13(18)19)6-10-3-4-10/h5,7,9-10H,3-4,6,8H2,1-2H3,(H,18,19). The summed E-state index contributed by atoms with van der Waals surface area (Å²) < 4.78 is 1.78. The number of carboxylic acids is 1. The van der Waals surface area contributed by atoms with Gasteiger partial charge in [-0.1, -0.05) is 11.6 Å². The van der Waals surface area contributed by atoms with E-state index in [2.05, 4.69) is 0 Å². The van der Waals surface area contributed by atoms with Crippen LogP contribution in [0.1, 0.15) is 43.2 Å². The van der Waals surface area contributed by atoms with Crippen LogP contribution in [0, 0.1) is 5.92 Å². The molecular formula is C14H19ClN2O3. The van der Waals surface area contributed by atoms with Crippen LogP contribution in [0.25, 0.3) is 0 Å². The molecule has 1 aromatic rings. The Morgan fingerprint density at radius 2 is 2.15 bits per heavy atom. The minimum absolute atomic E-state index is 0.0917. The number of halogens is 1. The van der Waals surface area contributed by atoms with E-state index in [1.54, 1.807) is 16.8 Å². The summed E-state index contributed by atoms with van der Waals surface area (Å²) >= 11 is 5.97. The fourth-order valence-electron chi connectivity index (χ4n) is 2.20. The van der Waals surface area contributed by atoms with E-state index < -0.39 is 5.97 Å². The van der Waals surface area contributed by atoms with E-state index in [1.165, 1.54) is 4.90 Å². The number of carboxylic acid groups (broad SMARTS) is 1. The third-order valence-electron chi connectivity index (χ3n) is 3.38. The highest BCUT2D eigenvalue weighted by Crippen LogP contribution is 2.30. The predicted octanol–water partition coefficient (Wildman–Crippen LogP) is 2.66. The molecule has 1 saturated carbocycles. The molecule has 6 heteroatoms. The van der Waals surface area contributed by atoms with Gasteiger partial charge in [0.05, 0.1) is 5.02 Å². The third-order valence-corrected chi connectivity index (χ3v) is 3.59. The van der Waals surface area contributed by atoms with Gasteiger partial charge in [-0.15, -0.1) is 0 Å². The Kier molecular flexibility index (Phi) is 4.38. The Labute approximate surface area is 123 Å². The lowest BCUT2D eigenvalue weighted by Gasteiger charge is -2.22. The van der Waals surface area contributed by atoms with Crippen molar-refractivity contribution in [2.24, 2.45) is 5.92 Å². The average molecular weight is 299 g/mol. The summed E-state index contributed by atoms with van der Waals surface area (Å²) in [6.45, 7) is 4.15. The summed E-state index contributed by atoms with van der Waals surface area (Å²) in [4.78, 5) is 24.9. The Hall–Kier alpha value is -1.49. The first-order valence-corrected chi connectivity index (χ1v) is 7.14. The largest absolute Gasteiger partial charge is 0.480 e. The molecule has 2 rings (SSSR count). The van der Waals surface area contributed by atoms with Crippen molar-refractivity contribution in [3.8, 4) is 0 Å². The van der Waals surface area contributed by atoms with Crippen LogP contribution in [-0.4, -0.2) is 39.5 Å². The zero-order valence-electron chi connectivity index (χ0n) is 11.7. The molecule has 110 valence electrons. The monoisotopic (exact) mass is 298 g/mol. The average Bonchev–Trinajstić information content (AvgIpc) is 3.07. The first-order chi connectivity index (χ1) is 9.38. The number of carbonyl (C=O) groups excluding carboxylic acids is 1. The number of hydrogen-bond acceptors (Lipinski definition) is 2. The minimum atomic E-state index is -0.993. The lowest BCUT2D eigenvalue weighted by molar-refractivity contribution is -0.137. The van der Waals surface area contributed by atoms with Crippen molar-refractivity contribution < 1.29 is 14.7 Å². The molecule has 0 unspecified atom stereocenters. The predicted molar refractivity (Wildman–Crippen MR) is 76.1 cm³/mol. The lowest BCUT2D eigenvalue weighted by Crippen LogP contribution is -2.38. The first kappa shape index (κ1) is 14.9. The van der Waals surface area contributed by atoms with E-state index in [1.807, 2.05) is 13.8 Å². The zero-order chi connectivity index (χ0) is 14.9. The van der Waals surface area contributed by atoms with Gasteiger partial charge in [0.2, 0.25) is 0 Å². The van der Waals surface area contributed by atoms with E-state index in [0.717, 1.165) is 12.8 Å². The smallest absolute Gasteiger partial charge is 0.323 e. The van der Waals surface area contributed by atoms with E-state index in [4.69, 9.17) is 16.7 Å². The third kappa shape index (κ3) is 3.54. The van der Waals surface area contributed by atoms with Gasteiger partial charge in [0, 0.05) is 18.8 Å². The summed E-state index contributed by atoms with van der Waals surface area (Å²) in [5.41, 5.74) is 0.451. The lowest BCUT2D eigenvalue weighted by atomic mass is 10.3. The summed E-state index contributed by atoms with van der Waals surface area (Å²) in [6, 6.07) is 1.69. The molecule has 0 aliphatic heterocycles. The van der Waals surface area contributed by atoms with Gasteiger partial charge >= 0.3 is 5.97 Å². The number of aromatic nitrogens is 1. The second-order valence-corrected chi connectivity index (χ2v) is 6.00. The van der Waals surface area contributed by atoms with Crippen LogP contribution in [0.5, 0.6) is 0 Å². The van der Waals surface area contributed by atoms with Crippen molar-refractivity contribution in [2.75, 3.05) is 13.1 Å². The maximum atomic E-state index is 12.6. The van der Waals surface area contributed by atoms with E-state index in [9.17, 15) is 9.59 Å². The van der Waals surface area contributed by atoms with Crippen molar-refractivity contribution in [3.63, 3.8) is 0 Å². The molecule has 0 atom stereocenters. The van der Waals surface area contributed by atoms with Crippen LogP contribution in [0.4, 0.5) is 0 Å². The van der Waals surface area contributed by atoms with Gasteiger partial charge in [0.25, 0.3) is 5.91 Å². The van der Waals surface area contributed by atoms with Gasteiger partial charge in [-0.05, 0) is 38.7 Å². The van der Waals surface area contributed by atoms with Crippen molar-refractivity contribution >= 4 is 23.5 Å². The molecule has 1 aliphatic carbocycles. The van der Waals surface area contributed by atoms with E-state index in [0.29, 0.717) is 23.2 Å². The fraction of sp³-hybridized carbons (Fsp3) is 0.571. The van der Waals surface area contributed by atoms with Crippen LogP contribution in [0.15, 0.2) is 12.3 Å². The second-order valence-electron chi connectivity index (χ2n) is 5.57. The van der Waals surface area contributed by atoms with Crippen molar-refractivity contribution in [3.05, 3.63) is 23.0 Å². The van der Waals surface area contributed by atoms with Crippen LogP contribution >= 0.6 is 11.6 Å². The molecule has 1 heterocycles. The molecule has 1 N–H and O–H groups in total. The number of hydrogen-bond donors (Lipinski definition) is 1. The van der Waals surface area contributed by atoms with Gasteiger partial charge in [-0.3, -0.25) is 9.59 Å². The van der Waals surface area contributed by atoms with Gasteiger partial charge in [-0.25, -0.2) is 0 Å². The van der Waals surface area contributed by atoms with Crippen LogP contribution in [0.3, 0.4) is 0 Å². The maximum absolute atomic E-state index is 12.6. The molecule has 0 spiro atoms. The van der Waals surface area contributed by atoms with Gasteiger partial charge in [0.1, 0.15) is 12.2 Å². The number of carbonyl (C=O) groups is 2. The molecule has 0 aromatic carbocycles. The highest BCUT2D eigenvalue weighted by Gasteiger charge is 2.30. The van der Waals surface area contributed by atoms with Crippen LogP contribution in [0.2, 0.25) is 5.02 Å². The Morgan fingerprint density at radius 3 is 2.65 bits per heavy atom. The Morgan fingerprint density at radius 1 is 1.50 bits per heavy atom. The van der Waals surface area contributed by atoms with Crippen LogP contribution in [-0.2, 0) is 4.79 Å². The fourth-order valence-corrected chi connectivity index (χ4v) is 2.41. The summed E-state index contributed by atoms with van der Waals surface area (Å²) in [5, 5.41) is 9.46. The number of amides is 1. The number of nitrogens with zero attached hydrogens (tertiary/aromatic N) is 2. The van der Waals surface area contributed by atoms with E-state index in [-0.39, 0.29) is 18.5 Å². The topological polar surface area (TPSA) is 62.5 Å². The quantitative estimate of drug-likeness (QED) is 0.878. The van der Waals surface area contributed by atoms with Crippen molar-refractivity contribution in [1.82, 2.24) is 9.47 Å². The molecule has 0 bridgehead atoms. The first-order valence-electron chi connectivity index (χ1n) is 6.77. The summed E-state index contributed by atoms with van der Waals surface area (Å²) in [5.74, 6) is -0.816. The number of aliphatic carboxylic acids is 1. The number of rotatable bonds is 6. The molecule has 20 heavy (non-hydrogen) atoms. The molecule has 1 amide bonds. The normalized spacial score (nSPS) is 14.6. The molecule has 1 fully saturated rings. The molecule has 1 aliphatic rings. The van der Waals surface area contributed by atoms with Crippen LogP contribution < -0.4 is 0 Å². The van der Waals surface area contributed by atoms with Crippen molar-refractivity contribution in [2.45, 2.75) is 32.7 Å². The molecule has 5 nitrogen and oxygen atoms in total. The second kappa shape index (κ2) is 5.87. The van der Waals surface area contributed by atoms with Gasteiger partial charge < -0.3 is 14.6 Å². The Balaban J connectivity index is 2.23. The molecule has 1 aromatic heterocycles. The molecule has 0 radical (unpaired) electrons. The summed E-state index contributed by atoms with van der Waals surface area (Å²) in [6.07, 6.45) is 3.83.